The molecule has 1 saturated heterocycles. The number of rotatable bonds is 5. The maximum absolute atomic E-state index is 11.1. The molecule has 0 aromatic rings. The third-order valence-electron chi connectivity index (χ3n) is 3.30. The molecule has 0 spiro atoms. The van der Waals surface area contributed by atoms with Gasteiger partial charge in [-0.1, -0.05) is 13.8 Å². The summed E-state index contributed by atoms with van der Waals surface area (Å²) in [6.45, 7) is 7.51. The quantitative estimate of drug-likeness (QED) is 0.655. The van der Waals surface area contributed by atoms with Crippen LogP contribution in [0.3, 0.4) is 0 Å². The standard InChI is InChI=1S/C11H21NOS/c1-3-11(4-2,10-13)9-12-5-7-14-8-6-12/h10H,3-9H2,1-2H3. The summed E-state index contributed by atoms with van der Waals surface area (Å²) in [5, 5.41) is 0. The molecule has 1 rings (SSSR count). The topological polar surface area (TPSA) is 20.3 Å². The Morgan fingerprint density at radius 3 is 2.29 bits per heavy atom. The van der Waals surface area contributed by atoms with E-state index >= 15 is 0 Å². The number of hydrogen-bond acceptors (Lipinski definition) is 3. The van der Waals surface area contributed by atoms with Crippen LogP contribution < -0.4 is 0 Å². The van der Waals surface area contributed by atoms with E-state index in [4.69, 9.17) is 0 Å². The molecule has 0 N–H and O–H groups in total. The van der Waals surface area contributed by atoms with Gasteiger partial charge in [0.05, 0.1) is 0 Å². The van der Waals surface area contributed by atoms with E-state index in [1.54, 1.807) is 0 Å². The Labute approximate surface area is 91.4 Å². The summed E-state index contributed by atoms with van der Waals surface area (Å²) in [6.07, 6.45) is 3.11. The molecule has 0 atom stereocenters. The third-order valence-corrected chi connectivity index (χ3v) is 4.24. The van der Waals surface area contributed by atoms with Crippen molar-refractivity contribution in [1.29, 1.82) is 0 Å². The normalized spacial score (nSPS) is 19.6. The van der Waals surface area contributed by atoms with Gasteiger partial charge in [0.1, 0.15) is 6.29 Å². The van der Waals surface area contributed by atoms with E-state index in [-0.39, 0.29) is 5.41 Å². The molecule has 82 valence electrons. The van der Waals surface area contributed by atoms with Crippen molar-refractivity contribution in [2.45, 2.75) is 26.7 Å². The Hall–Kier alpha value is -0.0200. The Morgan fingerprint density at radius 1 is 1.29 bits per heavy atom. The first-order chi connectivity index (χ1) is 6.76. The lowest BCUT2D eigenvalue weighted by molar-refractivity contribution is -0.117. The smallest absolute Gasteiger partial charge is 0.127 e. The zero-order valence-electron chi connectivity index (χ0n) is 9.29. The van der Waals surface area contributed by atoms with Crippen LogP contribution in [0.25, 0.3) is 0 Å². The number of carbonyl (C=O) groups is 1. The maximum atomic E-state index is 11.1. The number of nitrogens with zero attached hydrogens (tertiary/aromatic N) is 1. The second kappa shape index (κ2) is 5.76. The van der Waals surface area contributed by atoms with Gasteiger partial charge in [0.25, 0.3) is 0 Å². The lowest BCUT2D eigenvalue weighted by Gasteiger charge is -2.34. The van der Waals surface area contributed by atoms with E-state index in [1.807, 2.05) is 11.8 Å². The highest BCUT2D eigenvalue weighted by Crippen LogP contribution is 2.26. The molecule has 1 aliphatic rings. The van der Waals surface area contributed by atoms with E-state index in [0.717, 1.165) is 32.5 Å². The monoisotopic (exact) mass is 215 g/mol. The van der Waals surface area contributed by atoms with Gasteiger partial charge in [-0.15, -0.1) is 0 Å². The van der Waals surface area contributed by atoms with Crippen LogP contribution in [-0.2, 0) is 4.79 Å². The zero-order chi connectivity index (χ0) is 10.4. The minimum atomic E-state index is -0.0813. The average Bonchev–Trinajstić information content (AvgIpc) is 2.28. The van der Waals surface area contributed by atoms with E-state index in [0.29, 0.717) is 0 Å². The molecule has 3 heteroatoms. The summed E-state index contributed by atoms with van der Waals surface area (Å²) in [5.41, 5.74) is -0.0813. The van der Waals surface area contributed by atoms with Crippen molar-refractivity contribution >= 4 is 18.0 Å². The molecule has 1 heterocycles. The first-order valence-corrected chi connectivity index (χ1v) is 6.68. The van der Waals surface area contributed by atoms with Crippen molar-refractivity contribution in [3.63, 3.8) is 0 Å². The number of aldehydes is 1. The fraction of sp³-hybridized carbons (Fsp3) is 0.909. The average molecular weight is 215 g/mol. The summed E-state index contributed by atoms with van der Waals surface area (Å²) in [6, 6.07) is 0. The predicted octanol–water partition coefficient (Wildman–Crippen LogP) is 2.04. The van der Waals surface area contributed by atoms with Gasteiger partial charge in [-0.25, -0.2) is 0 Å². The number of carbonyl (C=O) groups excluding carboxylic acids is 1. The van der Waals surface area contributed by atoms with E-state index in [2.05, 4.69) is 18.7 Å². The first kappa shape index (κ1) is 12.1. The van der Waals surface area contributed by atoms with Crippen LogP contribution in [0.1, 0.15) is 26.7 Å². The molecule has 14 heavy (non-hydrogen) atoms. The van der Waals surface area contributed by atoms with Crippen molar-refractivity contribution in [1.82, 2.24) is 4.90 Å². The van der Waals surface area contributed by atoms with Crippen molar-refractivity contribution in [3.05, 3.63) is 0 Å². The molecule has 0 aromatic carbocycles. The van der Waals surface area contributed by atoms with E-state index < -0.39 is 0 Å². The Kier molecular flexibility index (Phi) is 4.96. The second-order valence-electron chi connectivity index (χ2n) is 4.08. The molecule has 1 aliphatic heterocycles. The highest BCUT2D eigenvalue weighted by molar-refractivity contribution is 7.99. The summed E-state index contributed by atoms with van der Waals surface area (Å²) in [4.78, 5) is 13.6. The second-order valence-corrected chi connectivity index (χ2v) is 5.30. The number of hydrogen-bond donors (Lipinski definition) is 0. The zero-order valence-corrected chi connectivity index (χ0v) is 10.1. The Morgan fingerprint density at radius 2 is 1.86 bits per heavy atom. The molecule has 0 unspecified atom stereocenters. The van der Waals surface area contributed by atoms with Gasteiger partial charge in [0.2, 0.25) is 0 Å². The Balaban J connectivity index is 2.48. The van der Waals surface area contributed by atoms with Crippen LogP contribution in [-0.4, -0.2) is 42.3 Å². The highest BCUT2D eigenvalue weighted by Gasteiger charge is 2.28. The Bertz CT molecular complexity index is 174. The summed E-state index contributed by atoms with van der Waals surface area (Å²) in [7, 11) is 0. The van der Waals surface area contributed by atoms with Gasteiger partial charge in [-0.05, 0) is 12.8 Å². The van der Waals surface area contributed by atoms with Crippen LogP contribution in [0.2, 0.25) is 0 Å². The molecule has 0 aliphatic carbocycles. The fourth-order valence-corrected chi connectivity index (χ4v) is 2.86. The minimum Gasteiger partial charge on any atom is -0.303 e. The van der Waals surface area contributed by atoms with E-state index in [1.165, 1.54) is 17.8 Å². The van der Waals surface area contributed by atoms with Crippen molar-refractivity contribution in [2.24, 2.45) is 5.41 Å². The van der Waals surface area contributed by atoms with Gasteiger partial charge in [-0.3, -0.25) is 0 Å². The summed E-state index contributed by atoms with van der Waals surface area (Å²) in [5.74, 6) is 2.45. The molecule has 0 aromatic heterocycles. The van der Waals surface area contributed by atoms with Gasteiger partial charge < -0.3 is 9.69 Å². The minimum absolute atomic E-state index is 0.0813. The van der Waals surface area contributed by atoms with Gasteiger partial charge in [-0.2, -0.15) is 11.8 Å². The van der Waals surface area contributed by atoms with Crippen LogP contribution >= 0.6 is 11.8 Å². The molecule has 0 radical (unpaired) electrons. The lowest BCUT2D eigenvalue weighted by Crippen LogP contribution is -2.42. The van der Waals surface area contributed by atoms with Crippen LogP contribution in [0, 0.1) is 5.41 Å². The molecule has 0 amide bonds. The van der Waals surface area contributed by atoms with Crippen LogP contribution in [0.15, 0.2) is 0 Å². The van der Waals surface area contributed by atoms with Gasteiger partial charge >= 0.3 is 0 Å². The predicted molar refractivity (Wildman–Crippen MR) is 62.8 cm³/mol. The van der Waals surface area contributed by atoms with Crippen LogP contribution in [0.5, 0.6) is 0 Å². The molecule has 0 saturated carbocycles. The van der Waals surface area contributed by atoms with Crippen LogP contribution in [0.4, 0.5) is 0 Å². The highest BCUT2D eigenvalue weighted by atomic mass is 32.2. The maximum Gasteiger partial charge on any atom is 0.127 e. The number of thioether (sulfide) groups is 1. The van der Waals surface area contributed by atoms with Gasteiger partial charge in [0.15, 0.2) is 0 Å². The molecule has 1 fully saturated rings. The molecule has 2 nitrogen and oxygen atoms in total. The lowest BCUT2D eigenvalue weighted by atomic mass is 9.83. The first-order valence-electron chi connectivity index (χ1n) is 5.53. The molecule has 0 bridgehead atoms. The largest absolute Gasteiger partial charge is 0.303 e. The van der Waals surface area contributed by atoms with Crippen molar-refractivity contribution < 1.29 is 4.79 Å². The van der Waals surface area contributed by atoms with Crippen molar-refractivity contribution in [2.75, 3.05) is 31.1 Å². The SMILES string of the molecule is CCC(C=O)(CC)CN1CCSCC1. The van der Waals surface area contributed by atoms with Gasteiger partial charge in [0, 0.05) is 36.6 Å². The summed E-state index contributed by atoms with van der Waals surface area (Å²) >= 11 is 2.02. The van der Waals surface area contributed by atoms with E-state index in [9.17, 15) is 4.79 Å². The third kappa shape index (κ3) is 2.99. The van der Waals surface area contributed by atoms with Crippen molar-refractivity contribution in [3.8, 4) is 0 Å². The summed E-state index contributed by atoms with van der Waals surface area (Å²) < 4.78 is 0. The fourth-order valence-electron chi connectivity index (χ4n) is 1.88. The molecular weight excluding hydrogens is 194 g/mol. The molecular formula is C11H21NOS.